The fourth-order valence-electron chi connectivity index (χ4n) is 1.48. The third-order valence-corrected chi connectivity index (χ3v) is 2.28. The second-order valence-corrected chi connectivity index (χ2v) is 3.42. The maximum atomic E-state index is 11.3. The van der Waals surface area contributed by atoms with E-state index in [1.54, 1.807) is 23.1 Å². The summed E-state index contributed by atoms with van der Waals surface area (Å²) in [5.74, 6) is 5.19. The molecule has 16 heavy (non-hydrogen) atoms. The molecule has 0 fully saturated rings. The fourth-order valence-corrected chi connectivity index (χ4v) is 1.48. The van der Waals surface area contributed by atoms with Gasteiger partial charge in [0.2, 0.25) is 0 Å². The number of methoxy groups -OCH3 is 1. The van der Waals surface area contributed by atoms with E-state index in [2.05, 4.69) is 9.84 Å². The highest BCUT2D eigenvalue weighted by molar-refractivity contribution is 5.89. The molecule has 6 heteroatoms. The molecule has 2 heterocycles. The number of aryl methyl sites for hydroxylation is 1. The van der Waals surface area contributed by atoms with Crippen LogP contribution in [-0.4, -0.2) is 27.5 Å². The predicted octanol–water partition coefficient (Wildman–Crippen LogP) is 0.389. The lowest BCUT2D eigenvalue weighted by Gasteiger charge is -1.98. The first kappa shape index (κ1) is 10.3. The summed E-state index contributed by atoms with van der Waals surface area (Å²) in [6.07, 6.45) is 5.20. The number of nitrogens with two attached hydrogens (primary N) is 1. The van der Waals surface area contributed by atoms with Crippen molar-refractivity contribution in [1.29, 1.82) is 0 Å². The van der Waals surface area contributed by atoms with E-state index in [1.807, 2.05) is 13.2 Å². The van der Waals surface area contributed by atoms with E-state index in [1.165, 1.54) is 11.8 Å². The van der Waals surface area contributed by atoms with Crippen LogP contribution in [0.3, 0.4) is 0 Å². The summed E-state index contributed by atoms with van der Waals surface area (Å²) in [6, 6.07) is 1.67. The monoisotopic (exact) mass is 220 g/mol. The Bertz CT molecular complexity index is 527. The number of nitrogen functional groups attached to an aromatic ring is 1. The van der Waals surface area contributed by atoms with Crippen LogP contribution in [-0.2, 0) is 11.8 Å². The quantitative estimate of drug-likeness (QED) is 0.586. The second kappa shape index (κ2) is 3.73. The molecule has 84 valence electrons. The second-order valence-electron chi connectivity index (χ2n) is 3.42. The molecule has 0 aliphatic heterocycles. The maximum absolute atomic E-state index is 11.3. The Morgan fingerprint density at radius 2 is 2.19 bits per heavy atom. The van der Waals surface area contributed by atoms with Crippen molar-refractivity contribution in [2.75, 3.05) is 13.0 Å². The van der Waals surface area contributed by atoms with Crippen molar-refractivity contribution >= 4 is 5.97 Å². The van der Waals surface area contributed by atoms with Gasteiger partial charge in [0.1, 0.15) is 5.69 Å². The van der Waals surface area contributed by atoms with E-state index in [9.17, 15) is 4.79 Å². The molecule has 0 atom stereocenters. The van der Waals surface area contributed by atoms with E-state index < -0.39 is 5.97 Å². The number of esters is 1. The molecule has 0 unspecified atom stereocenters. The lowest BCUT2D eigenvalue weighted by molar-refractivity contribution is 0.0591. The summed E-state index contributed by atoms with van der Waals surface area (Å²) in [5.41, 5.74) is 2.04. The van der Waals surface area contributed by atoms with Crippen LogP contribution in [0, 0.1) is 0 Å². The minimum Gasteiger partial charge on any atom is -0.464 e. The molecule has 0 aliphatic rings. The van der Waals surface area contributed by atoms with Gasteiger partial charge in [-0.1, -0.05) is 0 Å². The zero-order valence-corrected chi connectivity index (χ0v) is 9.04. The SMILES string of the molecule is COC(=O)c1cc(-c2cnn(C)c2)cn1N. The Labute approximate surface area is 92.2 Å². The van der Waals surface area contributed by atoms with E-state index in [4.69, 9.17) is 5.84 Å². The lowest BCUT2D eigenvalue weighted by Crippen LogP contribution is -2.15. The Morgan fingerprint density at radius 3 is 2.75 bits per heavy atom. The molecule has 0 saturated carbocycles. The number of rotatable bonds is 2. The van der Waals surface area contributed by atoms with Gasteiger partial charge in [0, 0.05) is 30.6 Å². The number of hydrogen-bond donors (Lipinski definition) is 1. The highest BCUT2D eigenvalue weighted by atomic mass is 16.5. The van der Waals surface area contributed by atoms with Gasteiger partial charge < -0.3 is 10.6 Å². The lowest BCUT2D eigenvalue weighted by atomic mass is 10.2. The van der Waals surface area contributed by atoms with Gasteiger partial charge in [-0.05, 0) is 6.07 Å². The van der Waals surface area contributed by atoms with Gasteiger partial charge in [-0.3, -0.25) is 9.36 Å². The van der Waals surface area contributed by atoms with E-state index >= 15 is 0 Å². The van der Waals surface area contributed by atoms with Crippen molar-refractivity contribution in [3.8, 4) is 11.1 Å². The molecule has 0 bridgehead atoms. The van der Waals surface area contributed by atoms with Crippen LogP contribution >= 0.6 is 0 Å². The average molecular weight is 220 g/mol. The molecule has 2 aromatic heterocycles. The molecule has 2 N–H and O–H groups in total. The minimum atomic E-state index is -0.461. The van der Waals surface area contributed by atoms with Crippen LogP contribution < -0.4 is 5.84 Å². The smallest absolute Gasteiger partial charge is 0.356 e. The topological polar surface area (TPSA) is 75.1 Å². The first-order valence-corrected chi connectivity index (χ1v) is 4.66. The number of ether oxygens (including phenoxy) is 1. The third-order valence-electron chi connectivity index (χ3n) is 2.28. The largest absolute Gasteiger partial charge is 0.464 e. The highest BCUT2D eigenvalue weighted by Gasteiger charge is 2.14. The zero-order valence-electron chi connectivity index (χ0n) is 9.04. The van der Waals surface area contributed by atoms with Gasteiger partial charge >= 0.3 is 5.97 Å². The Kier molecular flexibility index (Phi) is 2.40. The molecule has 2 aromatic rings. The number of aromatic nitrogens is 3. The van der Waals surface area contributed by atoms with E-state index in [0.29, 0.717) is 5.69 Å². The summed E-state index contributed by atoms with van der Waals surface area (Å²) >= 11 is 0. The maximum Gasteiger partial charge on any atom is 0.356 e. The van der Waals surface area contributed by atoms with Crippen LogP contribution in [0.4, 0.5) is 0 Å². The Morgan fingerprint density at radius 1 is 1.44 bits per heavy atom. The van der Waals surface area contributed by atoms with Crippen molar-refractivity contribution in [2.24, 2.45) is 7.05 Å². The average Bonchev–Trinajstić information content (AvgIpc) is 2.83. The van der Waals surface area contributed by atoms with Crippen LogP contribution in [0.15, 0.2) is 24.7 Å². The van der Waals surface area contributed by atoms with Crippen molar-refractivity contribution in [2.45, 2.75) is 0 Å². The molecular formula is C10H12N4O2. The summed E-state index contributed by atoms with van der Waals surface area (Å²) in [5, 5.41) is 4.05. The van der Waals surface area contributed by atoms with E-state index in [0.717, 1.165) is 11.1 Å². The molecule has 0 aliphatic carbocycles. The van der Waals surface area contributed by atoms with Gasteiger partial charge in [-0.15, -0.1) is 0 Å². The van der Waals surface area contributed by atoms with Gasteiger partial charge in [0.15, 0.2) is 0 Å². The Hall–Kier alpha value is -2.24. The van der Waals surface area contributed by atoms with Gasteiger partial charge in [-0.2, -0.15) is 5.10 Å². The van der Waals surface area contributed by atoms with Gasteiger partial charge in [0.05, 0.1) is 13.3 Å². The van der Waals surface area contributed by atoms with Crippen LogP contribution in [0.5, 0.6) is 0 Å². The number of carbonyl (C=O) groups excluding carboxylic acids is 1. The molecule has 2 rings (SSSR count). The summed E-state index contributed by atoms with van der Waals surface area (Å²) in [7, 11) is 3.14. The Balaban J connectivity index is 2.41. The summed E-state index contributed by atoms with van der Waals surface area (Å²) in [4.78, 5) is 11.3. The van der Waals surface area contributed by atoms with Gasteiger partial charge in [0.25, 0.3) is 0 Å². The fraction of sp³-hybridized carbons (Fsp3) is 0.200. The van der Waals surface area contributed by atoms with Crippen LogP contribution in [0.25, 0.3) is 11.1 Å². The van der Waals surface area contributed by atoms with Crippen molar-refractivity contribution in [3.63, 3.8) is 0 Å². The number of nitrogens with zero attached hydrogens (tertiary/aromatic N) is 3. The molecule has 0 spiro atoms. The molecule has 0 radical (unpaired) electrons. The first-order valence-electron chi connectivity index (χ1n) is 4.66. The van der Waals surface area contributed by atoms with Crippen molar-refractivity contribution < 1.29 is 9.53 Å². The number of hydrogen-bond acceptors (Lipinski definition) is 4. The summed E-state index contributed by atoms with van der Waals surface area (Å²) in [6.45, 7) is 0. The highest BCUT2D eigenvalue weighted by Crippen LogP contribution is 2.20. The van der Waals surface area contributed by atoms with Crippen LogP contribution in [0.2, 0.25) is 0 Å². The van der Waals surface area contributed by atoms with Crippen LogP contribution in [0.1, 0.15) is 10.5 Å². The van der Waals surface area contributed by atoms with Gasteiger partial charge in [-0.25, -0.2) is 4.79 Å². The zero-order chi connectivity index (χ0) is 11.7. The number of carbonyl (C=O) groups is 1. The third kappa shape index (κ3) is 1.65. The summed E-state index contributed by atoms with van der Waals surface area (Å²) < 4.78 is 7.54. The van der Waals surface area contributed by atoms with Crippen molar-refractivity contribution in [1.82, 2.24) is 14.5 Å². The molecule has 0 aromatic carbocycles. The first-order chi connectivity index (χ1) is 7.61. The molecular weight excluding hydrogens is 208 g/mol. The minimum absolute atomic E-state index is 0.307. The molecule has 0 amide bonds. The predicted molar refractivity (Wildman–Crippen MR) is 58.1 cm³/mol. The standard InChI is InChI=1S/C10H12N4O2/c1-13-5-8(4-12-13)7-3-9(10(15)16-2)14(11)6-7/h3-6H,11H2,1-2H3. The van der Waals surface area contributed by atoms with E-state index in [-0.39, 0.29) is 0 Å². The van der Waals surface area contributed by atoms with Crippen molar-refractivity contribution in [3.05, 3.63) is 30.4 Å². The molecule has 6 nitrogen and oxygen atoms in total. The normalized spacial score (nSPS) is 10.4. The molecule has 0 saturated heterocycles.